The summed E-state index contributed by atoms with van der Waals surface area (Å²) in [5.74, 6) is -1.00. The highest BCUT2D eigenvalue weighted by molar-refractivity contribution is 5.90. The van der Waals surface area contributed by atoms with Crippen LogP contribution in [0.1, 0.15) is 74.0 Å². The molecule has 9 heteroatoms. The molecule has 38 heavy (non-hydrogen) atoms. The number of aliphatic carboxylic acids is 1. The second-order valence-corrected chi connectivity index (χ2v) is 10.1. The molecule has 4 N–H and O–H groups in total. The maximum atomic E-state index is 12.2. The summed E-state index contributed by atoms with van der Waals surface area (Å²) in [6.07, 6.45) is 3.20. The number of aliphatic hydroxyl groups is 2. The Morgan fingerprint density at radius 2 is 1.66 bits per heavy atom. The Bertz CT molecular complexity index is 1040. The van der Waals surface area contributed by atoms with Crippen molar-refractivity contribution in [2.75, 3.05) is 25.0 Å². The van der Waals surface area contributed by atoms with Gasteiger partial charge in [-0.05, 0) is 55.5 Å². The third-order valence-electron chi connectivity index (χ3n) is 7.27. The van der Waals surface area contributed by atoms with Crippen LogP contribution in [0.25, 0.3) is 0 Å². The summed E-state index contributed by atoms with van der Waals surface area (Å²) in [7, 11) is 0. The largest absolute Gasteiger partial charge is 0.481 e. The number of aliphatic hydroxyl groups excluding tert-OH is 2. The van der Waals surface area contributed by atoms with Gasteiger partial charge in [-0.25, -0.2) is 0 Å². The number of carboxylic acids is 1. The fourth-order valence-electron chi connectivity index (χ4n) is 5.15. The zero-order chi connectivity index (χ0) is 26.9. The maximum Gasteiger partial charge on any atom is 0.303 e. The first-order valence-electron chi connectivity index (χ1n) is 13.4. The number of carbonyl (C=O) groups excluding carboxylic acids is 1. The predicted octanol–water partition coefficient (Wildman–Crippen LogP) is 3.76. The van der Waals surface area contributed by atoms with Gasteiger partial charge in [0, 0.05) is 43.1 Å². The van der Waals surface area contributed by atoms with Crippen LogP contribution in [0.5, 0.6) is 0 Å². The normalized spacial score (nSPS) is 23.8. The molecule has 9 nitrogen and oxygen atoms in total. The third kappa shape index (κ3) is 7.85. The van der Waals surface area contributed by atoms with Crippen LogP contribution in [0.15, 0.2) is 48.5 Å². The molecule has 4 rings (SSSR count). The monoisotopic (exact) mass is 526 g/mol. The zero-order valence-electron chi connectivity index (χ0n) is 21.6. The molecule has 0 aromatic heterocycles. The molecular formula is C29H38N2O7. The predicted molar refractivity (Wildman–Crippen MR) is 141 cm³/mol. The van der Waals surface area contributed by atoms with Crippen LogP contribution in [0.4, 0.5) is 5.69 Å². The van der Waals surface area contributed by atoms with Gasteiger partial charge >= 0.3 is 5.97 Å². The van der Waals surface area contributed by atoms with Gasteiger partial charge in [0.2, 0.25) is 5.91 Å². The summed E-state index contributed by atoms with van der Waals surface area (Å²) < 4.78 is 12.8. The van der Waals surface area contributed by atoms with Crippen LogP contribution in [0, 0.1) is 0 Å². The molecule has 0 bridgehead atoms. The van der Waals surface area contributed by atoms with E-state index in [0.717, 1.165) is 36.1 Å². The minimum atomic E-state index is -0.853. The SMILES string of the molecule is O=C(O)CCCCC(=O)Nc1ccc(C2OC(CN3CCCC3CO)CC(c3ccc(CO)cc3)O2)cc1. The summed E-state index contributed by atoms with van der Waals surface area (Å²) in [5, 5.41) is 30.7. The standard InChI is InChI=1S/C29H38N2O7/c32-18-20-7-9-21(10-8-20)26-16-25(17-31-15-3-4-24(31)19-33)37-29(38-26)22-11-13-23(14-12-22)30-27(34)5-1-2-6-28(35)36/h7-14,24-26,29,32-33H,1-6,15-19H2,(H,30,34)(H,35,36). The van der Waals surface area contributed by atoms with Crippen molar-refractivity contribution < 1.29 is 34.4 Å². The number of carboxylic acid groups (broad SMARTS) is 1. The lowest BCUT2D eigenvalue weighted by Crippen LogP contribution is -2.42. The van der Waals surface area contributed by atoms with Crippen LogP contribution < -0.4 is 5.32 Å². The number of unbranched alkanes of at least 4 members (excludes halogenated alkanes) is 1. The highest BCUT2D eigenvalue weighted by Gasteiger charge is 2.35. The van der Waals surface area contributed by atoms with Gasteiger partial charge in [-0.1, -0.05) is 36.4 Å². The molecule has 2 saturated heterocycles. The average Bonchev–Trinajstić information content (AvgIpc) is 3.38. The van der Waals surface area contributed by atoms with Crippen molar-refractivity contribution in [2.45, 2.75) is 76.1 Å². The molecule has 0 saturated carbocycles. The number of nitrogens with zero attached hydrogens (tertiary/aromatic N) is 1. The molecule has 206 valence electrons. The first kappa shape index (κ1) is 28.2. The highest BCUT2D eigenvalue weighted by Crippen LogP contribution is 2.39. The van der Waals surface area contributed by atoms with Crippen molar-refractivity contribution in [3.8, 4) is 0 Å². The number of nitrogens with one attached hydrogen (secondary N) is 1. The second kappa shape index (κ2) is 13.8. The number of hydrogen-bond donors (Lipinski definition) is 4. The van der Waals surface area contributed by atoms with Gasteiger partial charge < -0.3 is 30.1 Å². The molecule has 2 heterocycles. The quantitative estimate of drug-likeness (QED) is 0.308. The Kier molecular flexibility index (Phi) is 10.3. The summed E-state index contributed by atoms with van der Waals surface area (Å²) in [4.78, 5) is 25.1. The molecule has 0 radical (unpaired) electrons. The van der Waals surface area contributed by atoms with E-state index in [1.807, 2.05) is 48.5 Å². The Morgan fingerprint density at radius 3 is 2.34 bits per heavy atom. The summed E-state index contributed by atoms with van der Waals surface area (Å²) in [5.41, 5.74) is 3.36. The van der Waals surface area contributed by atoms with E-state index < -0.39 is 12.3 Å². The van der Waals surface area contributed by atoms with Crippen LogP contribution in [-0.4, -0.2) is 63.9 Å². The fraction of sp³-hybridized carbons (Fsp3) is 0.517. The lowest BCUT2D eigenvalue weighted by atomic mass is 9.99. The van der Waals surface area contributed by atoms with Crippen molar-refractivity contribution in [1.29, 1.82) is 0 Å². The molecule has 1 amide bonds. The van der Waals surface area contributed by atoms with Crippen LogP contribution in [-0.2, 0) is 25.7 Å². The summed E-state index contributed by atoms with van der Waals surface area (Å²) in [6.45, 7) is 1.79. The van der Waals surface area contributed by atoms with Crippen LogP contribution in [0.3, 0.4) is 0 Å². The van der Waals surface area contributed by atoms with E-state index in [1.165, 1.54) is 0 Å². The van der Waals surface area contributed by atoms with Crippen LogP contribution in [0.2, 0.25) is 0 Å². The minimum Gasteiger partial charge on any atom is -0.481 e. The molecule has 2 fully saturated rings. The molecule has 2 aliphatic rings. The Balaban J connectivity index is 1.42. The van der Waals surface area contributed by atoms with Crippen molar-refractivity contribution in [1.82, 2.24) is 4.90 Å². The van der Waals surface area contributed by atoms with Gasteiger partial charge in [-0.3, -0.25) is 14.5 Å². The Hall–Kier alpha value is -2.82. The van der Waals surface area contributed by atoms with E-state index in [0.29, 0.717) is 31.5 Å². The molecule has 4 atom stereocenters. The lowest BCUT2D eigenvalue weighted by Gasteiger charge is -2.38. The van der Waals surface area contributed by atoms with Gasteiger partial charge in [-0.2, -0.15) is 0 Å². The molecule has 2 aliphatic heterocycles. The molecule has 4 unspecified atom stereocenters. The van der Waals surface area contributed by atoms with E-state index >= 15 is 0 Å². The zero-order valence-corrected chi connectivity index (χ0v) is 21.6. The van der Waals surface area contributed by atoms with Gasteiger partial charge in [0.15, 0.2) is 6.29 Å². The average molecular weight is 527 g/mol. The Labute approximate surface area is 223 Å². The van der Waals surface area contributed by atoms with Gasteiger partial charge in [0.1, 0.15) is 0 Å². The topological polar surface area (TPSA) is 129 Å². The number of carbonyl (C=O) groups is 2. The molecular weight excluding hydrogens is 488 g/mol. The summed E-state index contributed by atoms with van der Waals surface area (Å²) >= 11 is 0. The minimum absolute atomic E-state index is 0.0110. The van der Waals surface area contributed by atoms with E-state index in [2.05, 4.69) is 10.2 Å². The van der Waals surface area contributed by atoms with Crippen molar-refractivity contribution >= 4 is 17.6 Å². The summed E-state index contributed by atoms with van der Waals surface area (Å²) in [6, 6.07) is 15.3. The van der Waals surface area contributed by atoms with Gasteiger partial charge in [0.05, 0.1) is 25.4 Å². The van der Waals surface area contributed by atoms with E-state index in [-0.39, 0.29) is 50.2 Å². The number of ether oxygens (including phenoxy) is 2. The molecule has 0 spiro atoms. The van der Waals surface area contributed by atoms with Crippen LogP contribution >= 0.6 is 0 Å². The molecule has 2 aromatic carbocycles. The highest BCUT2D eigenvalue weighted by atomic mass is 16.7. The van der Waals surface area contributed by atoms with E-state index in [9.17, 15) is 19.8 Å². The van der Waals surface area contributed by atoms with Crippen molar-refractivity contribution in [3.63, 3.8) is 0 Å². The van der Waals surface area contributed by atoms with Gasteiger partial charge in [-0.15, -0.1) is 0 Å². The number of likely N-dealkylation sites (tertiary alicyclic amines) is 1. The second-order valence-electron chi connectivity index (χ2n) is 10.1. The van der Waals surface area contributed by atoms with Crippen molar-refractivity contribution in [3.05, 3.63) is 65.2 Å². The number of hydrogen-bond acceptors (Lipinski definition) is 7. The number of benzene rings is 2. The first-order valence-corrected chi connectivity index (χ1v) is 13.4. The van der Waals surface area contributed by atoms with E-state index in [1.54, 1.807) is 0 Å². The maximum absolute atomic E-state index is 12.2. The molecule has 2 aromatic rings. The number of rotatable bonds is 12. The molecule has 0 aliphatic carbocycles. The number of anilines is 1. The smallest absolute Gasteiger partial charge is 0.303 e. The first-order chi connectivity index (χ1) is 18.4. The third-order valence-corrected chi connectivity index (χ3v) is 7.27. The number of amides is 1. The lowest BCUT2D eigenvalue weighted by molar-refractivity contribution is -0.253. The van der Waals surface area contributed by atoms with Crippen molar-refractivity contribution in [2.24, 2.45) is 0 Å². The van der Waals surface area contributed by atoms with E-state index in [4.69, 9.17) is 14.6 Å². The van der Waals surface area contributed by atoms with Gasteiger partial charge in [0.25, 0.3) is 0 Å². The Morgan fingerprint density at radius 1 is 0.947 bits per heavy atom. The fourth-order valence-corrected chi connectivity index (χ4v) is 5.15.